The molecule has 6 heterocycles. The summed E-state index contributed by atoms with van der Waals surface area (Å²) in [7, 11) is 0. The lowest BCUT2D eigenvalue weighted by atomic mass is 9.93. The van der Waals surface area contributed by atoms with Gasteiger partial charge in [0.15, 0.2) is 5.78 Å². The summed E-state index contributed by atoms with van der Waals surface area (Å²) in [6, 6.07) is 86.3. The molecular formula is C114H119ClF4N12OS2. The van der Waals surface area contributed by atoms with E-state index in [0.29, 0.717) is 63.2 Å². The normalized spacial score (nSPS) is 12.4. The largest absolute Gasteiger partial charge is 0.417 e. The molecule has 15 rings (SSSR count). The Morgan fingerprint density at radius 3 is 1.25 bits per heavy atom. The van der Waals surface area contributed by atoms with Crippen molar-refractivity contribution in [1.29, 1.82) is 0 Å². The SMILES string of the molecule is CC(=O)c1cccc(C(C)=Nc2c(C)cc(F)cc2C)n1.CC(C)c1cccc(C(C)C)c1N=Cc1cccc(-c2ccccc2Cl)n1.CSc1ccccc1N=Cc1cccc(C)n1.Cc1cccc(C=Nc2c(C(C)C)cccc2C(C)C)n1.Cc1cccc(C=Nc2ccccc2Sc2c(C)cccc2C)n1.FC(F)(F)c1ccccc1-c1cccc(C=NC2CCCCC2)n1. The molecule has 8 aromatic carbocycles. The number of thioether (sulfide) groups is 1. The molecule has 0 spiro atoms. The molecule has 13 nitrogen and oxygen atoms in total. The Kier molecular flexibility index (Phi) is 39.5. The van der Waals surface area contributed by atoms with Crippen LogP contribution >= 0.6 is 35.1 Å². The summed E-state index contributed by atoms with van der Waals surface area (Å²) in [5.41, 5.74) is 24.5. The summed E-state index contributed by atoms with van der Waals surface area (Å²) < 4.78 is 52.8. The Balaban J connectivity index is 0.000000167. The van der Waals surface area contributed by atoms with Crippen LogP contribution < -0.4 is 0 Å². The van der Waals surface area contributed by atoms with Gasteiger partial charge in [0.25, 0.3) is 0 Å². The van der Waals surface area contributed by atoms with Crippen molar-refractivity contribution < 1.29 is 22.4 Å². The summed E-state index contributed by atoms with van der Waals surface area (Å²) >= 11 is 9.79. The van der Waals surface area contributed by atoms with E-state index in [1.54, 1.807) is 72.2 Å². The average Bonchev–Trinajstić information content (AvgIpc) is 0.802. The van der Waals surface area contributed by atoms with Crippen molar-refractivity contribution in [3.8, 4) is 22.5 Å². The zero-order valence-electron chi connectivity index (χ0n) is 79.8. The van der Waals surface area contributed by atoms with Gasteiger partial charge in [0.1, 0.15) is 11.5 Å². The molecule has 0 bridgehead atoms. The maximum atomic E-state index is 13.3. The number of rotatable bonds is 22. The number of hydrogen-bond acceptors (Lipinski definition) is 15. The van der Waals surface area contributed by atoms with Gasteiger partial charge in [0, 0.05) is 61.1 Å². The van der Waals surface area contributed by atoms with Crippen LogP contribution in [-0.2, 0) is 6.18 Å². The molecule has 0 atom stereocenters. The van der Waals surface area contributed by atoms with Gasteiger partial charge in [-0.25, -0.2) is 19.3 Å². The second-order valence-corrected chi connectivity index (χ2v) is 36.1. The van der Waals surface area contributed by atoms with Crippen molar-refractivity contribution in [3.05, 3.63) is 391 Å². The van der Waals surface area contributed by atoms with Crippen molar-refractivity contribution in [2.45, 2.75) is 200 Å². The minimum atomic E-state index is -4.40. The first-order valence-electron chi connectivity index (χ1n) is 45.2. The molecule has 0 saturated heterocycles. The number of aryl methyl sites for hydroxylation is 7. The van der Waals surface area contributed by atoms with Crippen LogP contribution in [0.15, 0.2) is 318 Å². The van der Waals surface area contributed by atoms with E-state index in [1.807, 2.05) is 194 Å². The Morgan fingerprint density at radius 1 is 0.403 bits per heavy atom. The molecule has 134 heavy (non-hydrogen) atoms. The molecule has 688 valence electrons. The highest BCUT2D eigenvalue weighted by Gasteiger charge is 2.34. The smallest absolute Gasteiger partial charge is 0.293 e. The molecule has 1 aliphatic rings. The van der Waals surface area contributed by atoms with Gasteiger partial charge in [-0.05, 0) is 264 Å². The van der Waals surface area contributed by atoms with E-state index in [0.717, 1.165) is 114 Å². The molecule has 1 aliphatic carbocycles. The summed E-state index contributed by atoms with van der Waals surface area (Å²) in [6.45, 7) is 34.9. The third-order valence-electron chi connectivity index (χ3n) is 21.7. The van der Waals surface area contributed by atoms with Crippen molar-refractivity contribution in [3.63, 3.8) is 0 Å². The van der Waals surface area contributed by atoms with Gasteiger partial charge in [-0.15, -0.1) is 11.8 Å². The van der Waals surface area contributed by atoms with E-state index in [2.05, 4.69) is 193 Å². The average molecular weight is 1850 g/mol. The lowest BCUT2D eigenvalue weighted by molar-refractivity contribution is -0.137. The molecule has 14 aromatic rings. The number of halogens is 5. The van der Waals surface area contributed by atoms with Crippen molar-refractivity contribution in [2.75, 3.05) is 6.26 Å². The van der Waals surface area contributed by atoms with Crippen LogP contribution in [0.2, 0.25) is 5.02 Å². The Labute approximate surface area is 802 Å². The zero-order chi connectivity index (χ0) is 96.4. The van der Waals surface area contributed by atoms with Crippen molar-refractivity contribution >= 4 is 106 Å². The third-order valence-corrected chi connectivity index (χ3v) is 24.2. The molecule has 20 heteroatoms. The number of ketones is 1. The highest BCUT2D eigenvalue weighted by Crippen LogP contribution is 2.41. The number of aromatic nitrogens is 6. The minimum Gasteiger partial charge on any atom is -0.293 e. The number of para-hydroxylation sites is 4. The number of aliphatic imine (C=N–C) groups is 6. The summed E-state index contributed by atoms with van der Waals surface area (Å²) in [4.78, 5) is 69.6. The summed E-state index contributed by atoms with van der Waals surface area (Å²) in [5, 5.41) is 0.700. The third kappa shape index (κ3) is 31.4. The number of pyridine rings is 6. The molecule has 1 fully saturated rings. The molecule has 0 radical (unpaired) electrons. The van der Waals surface area contributed by atoms with Crippen LogP contribution in [0, 0.1) is 54.3 Å². The quantitative estimate of drug-likeness (QED) is 0.0277. The van der Waals surface area contributed by atoms with Gasteiger partial charge < -0.3 is 0 Å². The maximum absolute atomic E-state index is 13.3. The van der Waals surface area contributed by atoms with E-state index in [4.69, 9.17) is 26.6 Å². The number of nitrogens with zero attached hydrogens (tertiary/aromatic N) is 12. The summed E-state index contributed by atoms with van der Waals surface area (Å²) in [6.07, 6.45) is 12.5. The number of alkyl halides is 3. The number of carbonyl (C=O) groups is 1. The van der Waals surface area contributed by atoms with Crippen LogP contribution in [0.1, 0.15) is 237 Å². The Hall–Kier alpha value is -12.9. The molecule has 0 N–H and O–H groups in total. The first kappa shape index (κ1) is 103. The predicted molar refractivity (Wildman–Crippen MR) is 556 cm³/mol. The fourth-order valence-electron chi connectivity index (χ4n) is 14.7. The van der Waals surface area contributed by atoms with E-state index < -0.39 is 11.7 Å². The fraction of sp³-hybridized carbons (Fsp3) is 0.254. The fourth-order valence-corrected chi connectivity index (χ4v) is 16.6. The minimum absolute atomic E-state index is 0.0845. The first-order chi connectivity index (χ1) is 64.3. The lowest BCUT2D eigenvalue weighted by Gasteiger charge is -2.17. The molecule has 0 unspecified atom stereocenters. The van der Waals surface area contributed by atoms with Crippen LogP contribution in [0.3, 0.4) is 0 Å². The molecular weight excluding hydrogens is 1730 g/mol. The van der Waals surface area contributed by atoms with Gasteiger partial charge in [-0.2, -0.15) is 13.2 Å². The van der Waals surface area contributed by atoms with Gasteiger partial charge in [0.05, 0.1) is 116 Å². The molecule has 6 aromatic heterocycles. The van der Waals surface area contributed by atoms with Crippen molar-refractivity contribution in [2.24, 2.45) is 30.0 Å². The topological polar surface area (TPSA) is 169 Å². The number of carbonyl (C=O) groups excluding carboxylic acids is 1. The number of benzene rings is 8. The Morgan fingerprint density at radius 2 is 0.791 bits per heavy atom. The highest BCUT2D eigenvalue weighted by molar-refractivity contribution is 7.99. The Bertz CT molecular complexity index is 6370. The molecule has 0 aliphatic heterocycles. The van der Waals surface area contributed by atoms with E-state index in [-0.39, 0.29) is 17.2 Å². The van der Waals surface area contributed by atoms with Crippen LogP contribution in [0.5, 0.6) is 0 Å². The van der Waals surface area contributed by atoms with Gasteiger partial charge in [-0.1, -0.05) is 250 Å². The van der Waals surface area contributed by atoms with Gasteiger partial charge >= 0.3 is 6.18 Å². The maximum Gasteiger partial charge on any atom is 0.417 e. The molecule has 0 amide bonds. The summed E-state index contributed by atoms with van der Waals surface area (Å²) in [5.74, 6) is 1.40. The van der Waals surface area contributed by atoms with Gasteiger partial charge in [-0.3, -0.25) is 49.7 Å². The predicted octanol–water partition coefficient (Wildman–Crippen LogP) is 32.3. The second-order valence-electron chi connectivity index (χ2n) is 33.8. The van der Waals surface area contributed by atoms with E-state index >= 15 is 0 Å². The molecule has 1 saturated carbocycles. The highest BCUT2D eigenvalue weighted by atomic mass is 35.5. The number of hydrogen-bond donors (Lipinski definition) is 0. The first-order valence-corrected chi connectivity index (χ1v) is 47.6. The van der Waals surface area contributed by atoms with E-state index in [1.165, 1.54) is 93.6 Å². The van der Waals surface area contributed by atoms with Gasteiger partial charge in [0.2, 0.25) is 0 Å². The second kappa shape index (κ2) is 51.3. The van der Waals surface area contributed by atoms with E-state index in [9.17, 15) is 22.4 Å². The standard InChI is InChI=1S/C24H25ClN2.C21H20N2S.C19H19F3N2.C19H24N2.C17H17FN2O.C14H14N2S/c1-16(2)19-11-8-12-20(17(3)4)24(19)26-15-18-9-7-14-23(27-18)21-10-5-6-13-22(21)25;1-15-8-6-9-16(2)21(15)24-20-13-5-4-12-19(20)22-14-18-11-7-10-17(3)23-18;20-19(21,22)17-11-5-4-10-16(17)18-12-6-9-15(24-18)13-23-14-7-2-1-3-8-14;1-13(2)17-10-7-11-18(14(3)4)19(17)20-12-16-9-6-8-15(5)21-16;1-10-8-14(18)9-11(2)17(10)19-12(3)15-6-5-7-16(20-15)13(4)21;1-11-6-5-7-12(16-11)10-15-13-8-3-4-9-14(13)17-2/h5-17H,1-4H3;4-14H,1-3H3;4-6,9-14H,1-3,7-8H2;6-14H,1-5H3;5-9H,1-4H3;3-10H,1-2H3. The van der Waals surface area contributed by atoms with Crippen LogP contribution in [0.25, 0.3) is 22.5 Å². The zero-order valence-corrected chi connectivity index (χ0v) is 82.2. The van der Waals surface area contributed by atoms with Crippen LogP contribution in [0.4, 0.5) is 46.0 Å². The lowest BCUT2D eigenvalue weighted by Crippen LogP contribution is -2.10. The van der Waals surface area contributed by atoms with Crippen molar-refractivity contribution in [1.82, 2.24) is 29.9 Å². The van der Waals surface area contributed by atoms with Crippen LogP contribution in [-0.4, -0.2) is 84.8 Å². The monoisotopic (exact) mass is 1850 g/mol. The number of Topliss-reactive ketones (excluding diaryl/α,β-unsaturated/α-hetero) is 1.